The minimum absolute atomic E-state index is 0.134. The van der Waals surface area contributed by atoms with Crippen LogP contribution in [0.15, 0.2) is 36.7 Å². The van der Waals surface area contributed by atoms with Crippen molar-refractivity contribution in [1.29, 1.82) is 0 Å². The van der Waals surface area contributed by atoms with Crippen LogP contribution in [0.3, 0.4) is 0 Å². The number of aliphatic hydroxyl groups is 1. The van der Waals surface area contributed by atoms with Gasteiger partial charge in [-0.1, -0.05) is 6.92 Å². The first-order valence-corrected chi connectivity index (χ1v) is 11.6. The lowest BCUT2D eigenvalue weighted by Crippen LogP contribution is -2.49. The first kappa shape index (κ1) is 20.7. The molecule has 0 amide bonds. The van der Waals surface area contributed by atoms with Crippen molar-refractivity contribution in [3.63, 3.8) is 0 Å². The Morgan fingerprint density at radius 3 is 2.90 bits per heavy atom. The van der Waals surface area contributed by atoms with Gasteiger partial charge in [-0.25, -0.2) is 4.68 Å². The summed E-state index contributed by atoms with van der Waals surface area (Å²) in [6.45, 7) is 4.78. The highest BCUT2D eigenvalue weighted by Gasteiger charge is 2.49. The third-order valence-electron chi connectivity index (χ3n) is 7.94. The highest BCUT2D eigenvalue weighted by Crippen LogP contribution is 2.54. The molecule has 0 bridgehead atoms. The summed E-state index contributed by atoms with van der Waals surface area (Å²) < 4.78 is 7.42. The van der Waals surface area contributed by atoms with E-state index in [0.29, 0.717) is 12.5 Å². The van der Waals surface area contributed by atoms with Gasteiger partial charge in [-0.15, -0.1) is 0 Å². The average Bonchev–Trinajstić information content (AvgIpc) is 3.10. The zero-order valence-corrected chi connectivity index (χ0v) is 18.9. The molecule has 0 aliphatic heterocycles. The summed E-state index contributed by atoms with van der Waals surface area (Å²) in [4.78, 5) is 4.33. The number of ether oxygens (including phenoxy) is 1. The molecule has 5 rings (SSSR count). The third-order valence-corrected chi connectivity index (χ3v) is 7.94. The van der Waals surface area contributed by atoms with Crippen molar-refractivity contribution in [1.82, 2.24) is 14.8 Å². The fraction of sp³-hybridized carbons (Fsp3) is 0.538. The van der Waals surface area contributed by atoms with Crippen molar-refractivity contribution in [2.45, 2.75) is 69.8 Å². The van der Waals surface area contributed by atoms with Crippen LogP contribution in [0.1, 0.15) is 62.3 Å². The molecular weight excluding hydrogens is 386 g/mol. The zero-order chi connectivity index (χ0) is 21.6. The summed E-state index contributed by atoms with van der Waals surface area (Å²) in [5, 5.41) is 17.1. The minimum atomic E-state index is -0.684. The number of aromatic nitrogens is 3. The summed E-state index contributed by atoms with van der Waals surface area (Å²) in [6, 6.07) is 8.89. The maximum absolute atomic E-state index is 11.1. The SMILES string of the molecule is CCC12CCC(O)(COC)CC1CCCc1cc3c(cnn3-c3ccnc(C)c3)cc12. The van der Waals surface area contributed by atoms with Crippen LogP contribution >= 0.6 is 0 Å². The van der Waals surface area contributed by atoms with Gasteiger partial charge < -0.3 is 9.84 Å². The minimum Gasteiger partial charge on any atom is -0.387 e. The Morgan fingerprint density at radius 1 is 1.26 bits per heavy atom. The molecule has 0 radical (unpaired) electrons. The quantitative estimate of drug-likeness (QED) is 0.654. The maximum atomic E-state index is 11.1. The van der Waals surface area contributed by atoms with Crippen LogP contribution in [-0.2, 0) is 16.6 Å². The molecule has 5 nitrogen and oxygen atoms in total. The van der Waals surface area contributed by atoms with Gasteiger partial charge in [0.05, 0.1) is 29.6 Å². The second-order valence-corrected chi connectivity index (χ2v) is 9.74. The molecule has 164 valence electrons. The third kappa shape index (κ3) is 3.39. The van der Waals surface area contributed by atoms with Gasteiger partial charge in [0.2, 0.25) is 0 Å². The van der Waals surface area contributed by atoms with Gasteiger partial charge in [-0.3, -0.25) is 4.98 Å². The fourth-order valence-corrected chi connectivity index (χ4v) is 6.40. The van der Waals surface area contributed by atoms with E-state index in [1.54, 1.807) is 7.11 Å². The Hall–Kier alpha value is -2.24. The molecule has 2 aromatic heterocycles. The van der Waals surface area contributed by atoms with E-state index in [4.69, 9.17) is 9.84 Å². The van der Waals surface area contributed by atoms with Crippen LogP contribution in [0.25, 0.3) is 16.6 Å². The van der Waals surface area contributed by atoms with Gasteiger partial charge in [0.15, 0.2) is 0 Å². The van der Waals surface area contributed by atoms with Crippen molar-refractivity contribution in [2.75, 3.05) is 13.7 Å². The molecular formula is C26H33N3O2. The van der Waals surface area contributed by atoms with Crippen molar-refractivity contribution in [3.8, 4) is 5.69 Å². The van der Waals surface area contributed by atoms with Crippen LogP contribution < -0.4 is 0 Å². The number of benzene rings is 1. The van der Waals surface area contributed by atoms with Crippen LogP contribution in [0.5, 0.6) is 0 Å². The second kappa shape index (κ2) is 7.72. The molecule has 1 aromatic carbocycles. The summed E-state index contributed by atoms with van der Waals surface area (Å²) >= 11 is 0. The lowest BCUT2D eigenvalue weighted by Gasteiger charge is -2.50. The van der Waals surface area contributed by atoms with Crippen LogP contribution in [-0.4, -0.2) is 39.2 Å². The lowest BCUT2D eigenvalue weighted by molar-refractivity contribution is -0.0903. The Balaban J connectivity index is 1.61. The summed E-state index contributed by atoms with van der Waals surface area (Å²) in [7, 11) is 1.70. The summed E-state index contributed by atoms with van der Waals surface area (Å²) in [5.41, 5.74) is 5.62. The molecule has 3 atom stereocenters. The standard InChI is InChI=1S/C26H33N3O2/c1-4-26-10-9-25(30,17-31-3)15-21(26)7-5-6-19-14-24-20(13-23(19)26)16-28-29(24)22-8-11-27-18(2)12-22/h8,11-14,16,21,30H,4-7,9-10,15,17H2,1-3H3. The topological polar surface area (TPSA) is 60.2 Å². The number of pyridine rings is 1. The number of hydrogen-bond acceptors (Lipinski definition) is 4. The van der Waals surface area contributed by atoms with Crippen LogP contribution in [0.2, 0.25) is 0 Å². The molecule has 3 unspecified atom stereocenters. The largest absolute Gasteiger partial charge is 0.387 e. The molecule has 1 saturated carbocycles. The van der Waals surface area contributed by atoms with E-state index in [9.17, 15) is 5.11 Å². The summed E-state index contributed by atoms with van der Waals surface area (Å²) in [5.74, 6) is 0.489. The first-order chi connectivity index (χ1) is 15.0. The van der Waals surface area contributed by atoms with Gasteiger partial charge in [-0.2, -0.15) is 5.10 Å². The molecule has 2 aliphatic rings. The highest BCUT2D eigenvalue weighted by atomic mass is 16.5. The fourth-order valence-electron chi connectivity index (χ4n) is 6.40. The Kier molecular flexibility index (Phi) is 5.14. The molecule has 1 N–H and O–H groups in total. The molecule has 2 aliphatic carbocycles. The Labute approximate surface area is 184 Å². The molecule has 0 saturated heterocycles. The molecule has 5 heteroatoms. The van der Waals surface area contributed by atoms with Gasteiger partial charge in [0.1, 0.15) is 0 Å². The normalized spacial score (nSPS) is 28.2. The van der Waals surface area contributed by atoms with E-state index in [0.717, 1.165) is 49.9 Å². The van der Waals surface area contributed by atoms with E-state index in [-0.39, 0.29) is 5.41 Å². The van der Waals surface area contributed by atoms with Crippen molar-refractivity contribution in [3.05, 3.63) is 53.5 Å². The monoisotopic (exact) mass is 419 g/mol. The van der Waals surface area contributed by atoms with E-state index in [1.807, 2.05) is 30.1 Å². The second-order valence-electron chi connectivity index (χ2n) is 9.74. The van der Waals surface area contributed by atoms with Gasteiger partial charge in [-0.05, 0) is 98.6 Å². The predicted molar refractivity (Wildman–Crippen MR) is 123 cm³/mol. The van der Waals surface area contributed by atoms with E-state index >= 15 is 0 Å². The van der Waals surface area contributed by atoms with Crippen molar-refractivity contribution in [2.24, 2.45) is 5.92 Å². The van der Waals surface area contributed by atoms with Gasteiger partial charge >= 0.3 is 0 Å². The maximum Gasteiger partial charge on any atom is 0.0883 e. The van der Waals surface area contributed by atoms with E-state index in [1.165, 1.54) is 28.5 Å². The molecule has 1 fully saturated rings. The number of rotatable bonds is 4. The van der Waals surface area contributed by atoms with Crippen molar-refractivity contribution < 1.29 is 9.84 Å². The average molecular weight is 420 g/mol. The number of hydrogen-bond donors (Lipinski definition) is 1. The van der Waals surface area contributed by atoms with Crippen LogP contribution in [0.4, 0.5) is 0 Å². The molecule has 0 spiro atoms. The summed E-state index contributed by atoms with van der Waals surface area (Å²) in [6.07, 6.45) is 11.0. The molecule has 2 heterocycles. The number of methoxy groups -OCH3 is 1. The van der Waals surface area contributed by atoms with E-state index < -0.39 is 5.60 Å². The number of aryl methyl sites for hydroxylation is 2. The zero-order valence-electron chi connectivity index (χ0n) is 18.9. The number of fused-ring (bicyclic) bond motifs is 4. The Morgan fingerprint density at radius 2 is 2.13 bits per heavy atom. The molecule has 3 aromatic rings. The highest BCUT2D eigenvalue weighted by molar-refractivity contribution is 5.82. The smallest absolute Gasteiger partial charge is 0.0883 e. The lowest BCUT2D eigenvalue weighted by atomic mass is 9.57. The first-order valence-electron chi connectivity index (χ1n) is 11.6. The van der Waals surface area contributed by atoms with Gasteiger partial charge in [0.25, 0.3) is 0 Å². The van der Waals surface area contributed by atoms with E-state index in [2.05, 4.69) is 30.1 Å². The van der Waals surface area contributed by atoms with Crippen LogP contribution in [0, 0.1) is 12.8 Å². The van der Waals surface area contributed by atoms with Crippen molar-refractivity contribution >= 4 is 10.9 Å². The Bertz CT molecular complexity index is 1110. The van der Waals surface area contributed by atoms with Gasteiger partial charge in [0, 0.05) is 24.4 Å². The predicted octanol–water partition coefficient (Wildman–Crippen LogP) is 4.89. The molecule has 31 heavy (non-hydrogen) atoms. The number of nitrogens with zero attached hydrogens (tertiary/aromatic N) is 3.